The van der Waals surface area contributed by atoms with Gasteiger partial charge >= 0.3 is 0 Å². The largest absolute Gasteiger partial charge is 0.381 e. The smallest absolute Gasteiger partial charge is 0.0466 e. The van der Waals surface area contributed by atoms with Gasteiger partial charge in [0.15, 0.2) is 0 Å². The summed E-state index contributed by atoms with van der Waals surface area (Å²) in [6, 6.07) is 0. The second-order valence-electron chi connectivity index (χ2n) is 4.86. The minimum atomic E-state index is 1.00. The standard InChI is InChI=1S/C6H12.C4H8O.2C3H8.2C2H6/c1-2-4-6-5-3-1;1-2-4-5-3-1;2*1-3-2;2*1-2/h1-6H2;1-4H2;2*3H2,1-2H3;2*1-2H3. The van der Waals surface area contributed by atoms with Crippen LogP contribution in [0.5, 0.6) is 0 Å². The van der Waals surface area contributed by atoms with Crippen molar-refractivity contribution in [3.8, 4) is 0 Å². The fourth-order valence-electron chi connectivity index (χ4n) is 1.57. The predicted octanol–water partition coefficient (Wildman–Crippen LogP) is 8.02. The molecule has 21 heavy (non-hydrogen) atoms. The van der Waals surface area contributed by atoms with E-state index in [1.807, 2.05) is 27.7 Å². The van der Waals surface area contributed by atoms with Crippen LogP contribution in [0.1, 0.15) is 120 Å². The third-order valence-corrected chi connectivity index (χ3v) is 2.33. The Hall–Kier alpha value is -0.0400. The second-order valence-corrected chi connectivity index (χ2v) is 4.86. The van der Waals surface area contributed by atoms with Crippen LogP contribution in [0.3, 0.4) is 0 Å². The van der Waals surface area contributed by atoms with Crippen LogP contribution in [-0.4, -0.2) is 13.2 Å². The van der Waals surface area contributed by atoms with Gasteiger partial charge in [0, 0.05) is 13.2 Å². The molecular weight excluding hydrogens is 256 g/mol. The Morgan fingerprint density at radius 2 is 0.667 bits per heavy atom. The monoisotopic (exact) mass is 304 g/mol. The fraction of sp³-hybridized carbons (Fsp3) is 1.00. The molecule has 0 unspecified atom stereocenters. The van der Waals surface area contributed by atoms with Crippen LogP contribution < -0.4 is 0 Å². The molecule has 2 rings (SSSR count). The zero-order chi connectivity index (χ0) is 17.2. The van der Waals surface area contributed by atoms with Crippen molar-refractivity contribution >= 4 is 0 Å². The third-order valence-electron chi connectivity index (χ3n) is 2.33. The van der Waals surface area contributed by atoms with Crippen LogP contribution in [0.15, 0.2) is 0 Å². The molecule has 1 aliphatic heterocycles. The molecule has 1 heterocycles. The number of ether oxygens (including phenoxy) is 1. The highest BCUT2D eigenvalue weighted by Gasteiger charge is 1.95. The highest BCUT2D eigenvalue weighted by atomic mass is 16.5. The molecule has 0 spiro atoms. The number of hydrogen-bond donors (Lipinski definition) is 0. The van der Waals surface area contributed by atoms with Gasteiger partial charge in [-0.1, -0.05) is 107 Å². The molecule has 1 heteroatoms. The molecule has 2 fully saturated rings. The molecule has 1 aliphatic carbocycles. The van der Waals surface area contributed by atoms with Gasteiger partial charge < -0.3 is 4.74 Å². The average Bonchev–Trinajstić information content (AvgIpc) is 3.14. The summed E-state index contributed by atoms with van der Waals surface area (Å²) in [4.78, 5) is 0. The summed E-state index contributed by atoms with van der Waals surface area (Å²) in [5, 5.41) is 0. The van der Waals surface area contributed by atoms with E-state index in [0.29, 0.717) is 0 Å². The average molecular weight is 305 g/mol. The Bertz CT molecular complexity index is 72.9. The third kappa shape index (κ3) is 53.6. The minimum Gasteiger partial charge on any atom is -0.381 e. The van der Waals surface area contributed by atoms with E-state index in [4.69, 9.17) is 4.74 Å². The van der Waals surface area contributed by atoms with E-state index in [9.17, 15) is 0 Å². The lowest BCUT2D eigenvalue weighted by atomic mass is 10.0. The maximum absolute atomic E-state index is 4.94. The summed E-state index contributed by atoms with van der Waals surface area (Å²) in [5.41, 5.74) is 0. The number of hydrogen-bond acceptors (Lipinski definition) is 1. The van der Waals surface area contributed by atoms with Crippen molar-refractivity contribution in [2.75, 3.05) is 13.2 Å². The van der Waals surface area contributed by atoms with Gasteiger partial charge in [-0.05, 0) is 12.8 Å². The molecule has 0 aromatic carbocycles. The van der Waals surface area contributed by atoms with Gasteiger partial charge in [-0.25, -0.2) is 0 Å². The van der Waals surface area contributed by atoms with Crippen molar-refractivity contribution in [3.63, 3.8) is 0 Å². The molecular formula is C20H48O. The Morgan fingerprint density at radius 1 is 0.476 bits per heavy atom. The van der Waals surface area contributed by atoms with Gasteiger partial charge in [-0.2, -0.15) is 0 Å². The molecule has 0 amide bonds. The van der Waals surface area contributed by atoms with E-state index in [2.05, 4.69) is 27.7 Å². The van der Waals surface area contributed by atoms with Gasteiger partial charge in [0.1, 0.15) is 0 Å². The van der Waals surface area contributed by atoms with Crippen LogP contribution in [0.25, 0.3) is 0 Å². The normalized spacial score (nSPS) is 14.9. The Balaban J connectivity index is -0.0000000884. The highest BCUT2D eigenvalue weighted by Crippen LogP contribution is 2.15. The SMILES string of the molecule is C1CCCCC1.C1CCOC1.CC.CC.CCC.CCC. The van der Waals surface area contributed by atoms with Crippen LogP contribution in [-0.2, 0) is 4.74 Å². The lowest BCUT2D eigenvalue weighted by Gasteiger charge is -2.05. The quantitative estimate of drug-likeness (QED) is 0.440. The van der Waals surface area contributed by atoms with Crippen molar-refractivity contribution in [3.05, 3.63) is 0 Å². The van der Waals surface area contributed by atoms with E-state index in [-0.39, 0.29) is 0 Å². The van der Waals surface area contributed by atoms with Gasteiger partial charge in [0.25, 0.3) is 0 Å². The van der Waals surface area contributed by atoms with Gasteiger partial charge in [-0.3, -0.25) is 0 Å². The van der Waals surface area contributed by atoms with E-state index >= 15 is 0 Å². The molecule has 0 radical (unpaired) electrons. The first-order chi connectivity index (χ1) is 10.3. The topological polar surface area (TPSA) is 9.23 Å². The summed E-state index contributed by atoms with van der Waals surface area (Å²) in [6.07, 6.45) is 14.1. The van der Waals surface area contributed by atoms with E-state index < -0.39 is 0 Å². The Labute approximate surface area is 138 Å². The highest BCUT2D eigenvalue weighted by molar-refractivity contribution is 4.51. The van der Waals surface area contributed by atoms with Crippen molar-refractivity contribution in [2.24, 2.45) is 0 Å². The van der Waals surface area contributed by atoms with Crippen LogP contribution >= 0.6 is 0 Å². The molecule has 0 aromatic rings. The first-order valence-electron chi connectivity index (χ1n) is 9.91. The van der Waals surface area contributed by atoms with Crippen molar-refractivity contribution in [2.45, 2.75) is 120 Å². The van der Waals surface area contributed by atoms with E-state index in [1.165, 1.54) is 64.2 Å². The van der Waals surface area contributed by atoms with E-state index in [1.54, 1.807) is 0 Å². The van der Waals surface area contributed by atoms with Gasteiger partial charge in [-0.15, -0.1) is 0 Å². The van der Waals surface area contributed by atoms with Crippen LogP contribution in [0.2, 0.25) is 0 Å². The van der Waals surface area contributed by atoms with E-state index in [0.717, 1.165) is 13.2 Å². The summed E-state index contributed by atoms with van der Waals surface area (Å²) in [6.45, 7) is 18.5. The molecule has 1 saturated heterocycles. The number of rotatable bonds is 0. The molecule has 0 aromatic heterocycles. The molecule has 134 valence electrons. The summed E-state index contributed by atoms with van der Waals surface area (Å²) in [7, 11) is 0. The first kappa shape index (κ1) is 29.0. The lowest BCUT2D eigenvalue weighted by Crippen LogP contribution is -1.85. The van der Waals surface area contributed by atoms with Gasteiger partial charge in [0.05, 0.1) is 0 Å². The molecule has 1 nitrogen and oxygen atoms in total. The molecule has 0 bridgehead atoms. The first-order valence-corrected chi connectivity index (χ1v) is 9.91. The zero-order valence-electron chi connectivity index (χ0n) is 16.9. The lowest BCUT2D eigenvalue weighted by molar-refractivity contribution is 0.198. The van der Waals surface area contributed by atoms with Crippen LogP contribution in [0.4, 0.5) is 0 Å². The molecule has 0 atom stereocenters. The maximum Gasteiger partial charge on any atom is 0.0466 e. The maximum atomic E-state index is 4.94. The van der Waals surface area contributed by atoms with Crippen molar-refractivity contribution in [1.82, 2.24) is 0 Å². The zero-order valence-corrected chi connectivity index (χ0v) is 16.9. The Morgan fingerprint density at radius 3 is 0.762 bits per heavy atom. The summed E-state index contributed by atoms with van der Waals surface area (Å²) >= 11 is 0. The molecule has 2 aliphatic rings. The fourth-order valence-corrected chi connectivity index (χ4v) is 1.57. The summed E-state index contributed by atoms with van der Waals surface area (Å²) < 4.78 is 4.94. The van der Waals surface area contributed by atoms with Crippen molar-refractivity contribution < 1.29 is 4.74 Å². The molecule has 0 N–H and O–H groups in total. The minimum absolute atomic E-state index is 1.00. The second kappa shape index (κ2) is 42.7. The molecule has 1 saturated carbocycles. The van der Waals surface area contributed by atoms with Gasteiger partial charge in [0.2, 0.25) is 0 Å². The predicted molar refractivity (Wildman–Crippen MR) is 102 cm³/mol. The van der Waals surface area contributed by atoms with Crippen LogP contribution in [0, 0.1) is 0 Å². The summed E-state index contributed by atoms with van der Waals surface area (Å²) in [5.74, 6) is 0. The van der Waals surface area contributed by atoms with Crippen molar-refractivity contribution in [1.29, 1.82) is 0 Å². The Kier molecular flexibility index (Phi) is 59.1.